The SMILES string of the molecule is CCC(=O)N[C@H]1C[C@@H](Nc2c(/C(C=N)=C/N)cnc3[nH]ccc23)C1. The molecule has 0 saturated heterocycles. The van der Waals surface area contributed by atoms with Crippen molar-refractivity contribution in [2.24, 2.45) is 5.73 Å². The molecule has 0 radical (unpaired) electrons. The van der Waals surface area contributed by atoms with Crippen LogP contribution < -0.4 is 16.4 Å². The summed E-state index contributed by atoms with van der Waals surface area (Å²) >= 11 is 0. The highest BCUT2D eigenvalue weighted by molar-refractivity contribution is 6.13. The molecule has 126 valence electrons. The fraction of sp³-hybridized carbons (Fsp3) is 0.353. The molecule has 1 saturated carbocycles. The number of hydrogen-bond acceptors (Lipinski definition) is 5. The molecule has 6 N–H and O–H groups in total. The van der Waals surface area contributed by atoms with Gasteiger partial charge in [-0.25, -0.2) is 4.98 Å². The Morgan fingerprint density at radius 3 is 2.96 bits per heavy atom. The highest BCUT2D eigenvalue weighted by atomic mass is 16.1. The number of rotatable bonds is 6. The molecule has 0 atom stereocenters. The number of nitrogens with zero attached hydrogens (tertiary/aromatic N) is 1. The van der Waals surface area contributed by atoms with Crippen LogP contribution in [0, 0.1) is 5.41 Å². The summed E-state index contributed by atoms with van der Waals surface area (Å²) in [5.74, 6) is 0.0910. The van der Waals surface area contributed by atoms with Gasteiger partial charge in [0.1, 0.15) is 5.65 Å². The minimum absolute atomic E-state index is 0.0910. The van der Waals surface area contributed by atoms with E-state index in [4.69, 9.17) is 11.1 Å². The third-order valence-corrected chi connectivity index (χ3v) is 4.41. The predicted octanol–water partition coefficient (Wildman–Crippen LogP) is 1.98. The van der Waals surface area contributed by atoms with Gasteiger partial charge < -0.3 is 26.8 Å². The molecule has 2 heterocycles. The second-order valence-corrected chi connectivity index (χ2v) is 5.98. The standard InChI is InChI=1S/C17H22N6O/c1-2-15(24)22-11-5-12(6-11)23-16-13-3-4-20-17(13)21-9-14(16)10(7-18)8-19/h3-4,7-9,11-12,18H,2,5-6,19H2,1H3,(H,22,24)(H2,20,21,23)/b10-8+,18-7?/t11-,12+. The number of carbonyl (C=O) groups excluding carboxylic acids is 1. The number of pyridine rings is 1. The van der Waals surface area contributed by atoms with Crippen molar-refractivity contribution < 1.29 is 4.79 Å². The number of anilines is 1. The van der Waals surface area contributed by atoms with E-state index >= 15 is 0 Å². The van der Waals surface area contributed by atoms with Gasteiger partial charge in [-0.1, -0.05) is 6.92 Å². The van der Waals surface area contributed by atoms with Crippen molar-refractivity contribution in [3.63, 3.8) is 0 Å². The number of carbonyl (C=O) groups is 1. The van der Waals surface area contributed by atoms with Crippen LogP contribution >= 0.6 is 0 Å². The molecule has 7 nitrogen and oxygen atoms in total. The number of nitrogens with one attached hydrogen (secondary N) is 4. The predicted molar refractivity (Wildman–Crippen MR) is 95.9 cm³/mol. The Labute approximate surface area is 140 Å². The molecule has 1 aliphatic rings. The summed E-state index contributed by atoms with van der Waals surface area (Å²) < 4.78 is 0. The number of fused-ring (bicyclic) bond motifs is 1. The molecule has 0 spiro atoms. The van der Waals surface area contributed by atoms with Gasteiger partial charge in [0.15, 0.2) is 0 Å². The first kappa shape index (κ1) is 16.0. The van der Waals surface area contributed by atoms with E-state index in [9.17, 15) is 4.79 Å². The Morgan fingerprint density at radius 2 is 2.29 bits per heavy atom. The van der Waals surface area contributed by atoms with E-state index in [1.54, 1.807) is 6.20 Å². The maximum atomic E-state index is 11.5. The number of aromatic amines is 1. The molecule has 0 aliphatic heterocycles. The van der Waals surface area contributed by atoms with Crippen LogP contribution in [0.5, 0.6) is 0 Å². The van der Waals surface area contributed by atoms with Crippen molar-refractivity contribution in [1.82, 2.24) is 15.3 Å². The van der Waals surface area contributed by atoms with Crippen molar-refractivity contribution in [3.05, 3.63) is 30.2 Å². The van der Waals surface area contributed by atoms with Gasteiger partial charge >= 0.3 is 0 Å². The van der Waals surface area contributed by atoms with Crippen molar-refractivity contribution in [2.45, 2.75) is 38.3 Å². The van der Waals surface area contributed by atoms with Gasteiger partial charge in [-0.15, -0.1) is 0 Å². The normalized spacial score (nSPS) is 20.5. The van der Waals surface area contributed by atoms with Gasteiger partial charge in [-0.05, 0) is 18.9 Å². The minimum atomic E-state index is 0.0910. The summed E-state index contributed by atoms with van der Waals surface area (Å²) in [7, 11) is 0. The summed E-state index contributed by atoms with van der Waals surface area (Å²) in [5.41, 5.74) is 8.78. The first-order valence-electron chi connectivity index (χ1n) is 8.11. The first-order chi connectivity index (χ1) is 11.7. The quantitative estimate of drug-likeness (QED) is 0.521. The van der Waals surface area contributed by atoms with Gasteiger partial charge in [0.05, 0.1) is 5.69 Å². The topological polar surface area (TPSA) is 120 Å². The second kappa shape index (κ2) is 6.74. The Kier molecular flexibility index (Phi) is 4.50. The molecule has 0 bridgehead atoms. The lowest BCUT2D eigenvalue weighted by molar-refractivity contribution is -0.122. The van der Waals surface area contributed by atoms with E-state index in [1.807, 2.05) is 19.2 Å². The average molecular weight is 326 g/mol. The number of allylic oxidation sites excluding steroid dienone is 1. The zero-order valence-corrected chi connectivity index (χ0v) is 13.6. The van der Waals surface area contributed by atoms with Crippen LogP contribution in [0.1, 0.15) is 31.7 Å². The van der Waals surface area contributed by atoms with Crippen molar-refractivity contribution in [2.75, 3.05) is 5.32 Å². The monoisotopic (exact) mass is 326 g/mol. The van der Waals surface area contributed by atoms with Crippen molar-refractivity contribution in [3.8, 4) is 0 Å². The summed E-state index contributed by atoms with van der Waals surface area (Å²) in [5, 5.41) is 15.1. The fourth-order valence-electron chi connectivity index (χ4n) is 2.99. The molecule has 0 aromatic carbocycles. The summed E-state index contributed by atoms with van der Waals surface area (Å²) in [4.78, 5) is 18.9. The van der Waals surface area contributed by atoms with Crippen LogP contribution in [0.15, 0.2) is 24.7 Å². The molecule has 0 unspecified atom stereocenters. The van der Waals surface area contributed by atoms with Crippen LogP contribution in [0.4, 0.5) is 5.69 Å². The molecule has 3 rings (SSSR count). The van der Waals surface area contributed by atoms with Crippen LogP contribution in [0.25, 0.3) is 16.6 Å². The molecule has 1 amide bonds. The number of amides is 1. The van der Waals surface area contributed by atoms with E-state index in [2.05, 4.69) is 20.6 Å². The lowest BCUT2D eigenvalue weighted by Crippen LogP contribution is -2.49. The zero-order valence-electron chi connectivity index (χ0n) is 13.6. The molecule has 2 aromatic heterocycles. The van der Waals surface area contributed by atoms with Crippen molar-refractivity contribution in [1.29, 1.82) is 5.41 Å². The van der Waals surface area contributed by atoms with Crippen molar-refractivity contribution >= 4 is 34.4 Å². The third-order valence-electron chi connectivity index (χ3n) is 4.41. The smallest absolute Gasteiger partial charge is 0.219 e. The van der Waals surface area contributed by atoms with Crippen LogP contribution in [-0.2, 0) is 4.79 Å². The van der Waals surface area contributed by atoms with E-state index in [0.717, 1.165) is 35.1 Å². The number of aromatic nitrogens is 2. The summed E-state index contributed by atoms with van der Waals surface area (Å²) in [6.07, 6.45) is 8.48. The maximum absolute atomic E-state index is 11.5. The van der Waals surface area contributed by atoms with Gasteiger partial charge in [0.2, 0.25) is 5.91 Å². The van der Waals surface area contributed by atoms with Gasteiger partial charge in [0, 0.05) is 59.8 Å². The van der Waals surface area contributed by atoms with E-state index in [-0.39, 0.29) is 18.0 Å². The molecule has 2 aromatic rings. The molecule has 7 heteroatoms. The lowest BCUT2D eigenvalue weighted by Gasteiger charge is -2.37. The molecular formula is C17H22N6O. The van der Waals surface area contributed by atoms with Gasteiger partial charge in [-0.3, -0.25) is 4.79 Å². The number of nitrogens with two attached hydrogens (primary N) is 1. The summed E-state index contributed by atoms with van der Waals surface area (Å²) in [6.45, 7) is 1.85. The van der Waals surface area contributed by atoms with Crippen LogP contribution in [-0.4, -0.2) is 34.2 Å². The number of H-pyrrole nitrogens is 1. The van der Waals surface area contributed by atoms with E-state index in [0.29, 0.717) is 12.0 Å². The molecule has 1 fully saturated rings. The Hall–Kier alpha value is -2.83. The van der Waals surface area contributed by atoms with E-state index in [1.165, 1.54) is 12.4 Å². The Bertz CT molecular complexity index is 787. The average Bonchev–Trinajstić information content (AvgIpc) is 3.03. The maximum Gasteiger partial charge on any atom is 0.219 e. The Morgan fingerprint density at radius 1 is 1.50 bits per heavy atom. The minimum Gasteiger partial charge on any atom is -0.404 e. The largest absolute Gasteiger partial charge is 0.404 e. The number of hydrogen-bond donors (Lipinski definition) is 5. The molecule has 1 aliphatic carbocycles. The van der Waals surface area contributed by atoms with Crippen LogP contribution in [0.2, 0.25) is 0 Å². The fourth-order valence-corrected chi connectivity index (χ4v) is 2.99. The lowest BCUT2D eigenvalue weighted by atomic mass is 9.86. The Balaban J connectivity index is 1.81. The highest BCUT2D eigenvalue weighted by Gasteiger charge is 2.31. The van der Waals surface area contributed by atoms with Crippen LogP contribution in [0.3, 0.4) is 0 Å². The van der Waals surface area contributed by atoms with E-state index < -0.39 is 0 Å². The molecule has 24 heavy (non-hydrogen) atoms. The van der Waals surface area contributed by atoms with Gasteiger partial charge in [-0.2, -0.15) is 0 Å². The highest BCUT2D eigenvalue weighted by Crippen LogP contribution is 2.33. The zero-order chi connectivity index (χ0) is 17.1. The first-order valence-corrected chi connectivity index (χ1v) is 8.11. The summed E-state index contributed by atoms with van der Waals surface area (Å²) in [6, 6.07) is 2.46. The second-order valence-electron chi connectivity index (χ2n) is 5.98. The molecular weight excluding hydrogens is 304 g/mol. The van der Waals surface area contributed by atoms with Gasteiger partial charge in [0.25, 0.3) is 0 Å². The third kappa shape index (κ3) is 2.97.